The van der Waals surface area contributed by atoms with Crippen LogP contribution in [0.4, 0.5) is 0 Å². The maximum absolute atomic E-state index is 3.41. The molecule has 0 amide bonds. The van der Waals surface area contributed by atoms with E-state index in [1.165, 1.54) is 54.2 Å². The molecule has 1 aliphatic rings. The van der Waals surface area contributed by atoms with Crippen molar-refractivity contribution in [1.82, 2.24) is 5.32 Å². The molecule has 0 heterocycles. The van der Waals surface area contributed by atoms with Crippen LogP contribution in [0.15, 0.2) is 24.3 Å². The summed E-state index contributed by atoms with van der Waals surface area (Å²) in [7, 11) is 2.09. The van der Waals surface area contributed by atoms with Gasteiger partial charge in [-0.05, 0) is 72.0 Å². The van der Waals surface area contributed by atoms with Gasteiger partial charge in [0.1, 0.15) is 0 Å². The van der Waals surface area contributed by atoms with Crippen molar-refractivity contribution >= 4 is 22.6 Å². The van der Waals surface area contributed by atoms with E-state index >= 15 is 0 Å². The largest absolute Gasteiger partial charge is 0.319 e. The van der Waals surface area contributed by atoms with Crippen LogP contribution in [0.1, 0.15) is 37.7 Å². The Labute approximate surface area is 119 Å². The van der Waals surface area contributed by atoms with Crippen molar-refractivity contribution in [2.24, 2.45) is 5.41 Å². The minimum atomic E-state index is 0.514. The fourth-order valence-electron chi connectivity index (χ4n) is 3.13. The second-order valence-corrected chi connectivity index (χ2v) is 6.64. The molecule has 1 aliphatic carbocycles. The molecule has 0 bridgehead atoms. The van der Waals surface area contributed by atoms with Crippen LogP contribution in [0.5, 0.6) is 0 Å². The van der Waals surface area contributed by atoms with Gasteiger partial charge in [0.25, 0.3) is 0 Å². The minimum absolute atomic E-state index is 0.514. The van der Waals surface area contributed by atoms with E-state index in [1.807, 2.05) is 0 Å². The normalized spacial score (nSPS) is 19.2. The van der Waals surface area contributed by atoms with Crippen LogP contribution >= 0.6 is 22.6 Å². The summed E-state index contributed by atoms with van der Waals surface area (Å²) in [5.74, 6) is 0. The zero-order chi connectivity index (χ0) is 12.1. The van der Waals surface area contributed by atoms with Crippen molar-refractivity contribution in [3.05, 3.63) is 33.4 Å². The Balaban J connectivity index is 2.08. The summed E-state index contributed by atoms with van der Waals surface area (Å²) in [6, 6.07) is 9.05. The molecule has 17 heavy (non-hydrogen) atoms. The molecule has 1 saturated carbocycles. The third-order valence-electron chi connectivity index (χ3n) is 3.96. The number of nitrogens with one attached hydrogen (secondary N) is 1. The van der Waals surface area contributed by atoms with E-state index in [0.717, 1.165) is 0 Å². The molecule has 0 spiro atoms. The zero-order valence-corrected chi connectivity index (χ0v) is 12.8. The molecular formula is C15H22IN. The standard InChI is InChI=1S/C15H22IN/c1-17-12-15(9-3-2-4-10-15)11-13-5-7-14(16)8-6-13/h5-8,17H,2-4,9-12H2,1H3. The molecular weight excluding hydrogens is 321 g/mol. The number of hydrogen-bond donors (Lipinski definition) is 1. The first-order valence-corrected chi connectivity index (χ1v) is 7.71. The van der Waals surface area contributed by atoms with Gasteiger partial charge in [-0.2, -0.15) is 0 Å². The SMILES string of the molecule is CNCC1(Cc2ccc(I)cc2)CCCCC1. The van der Waals surface area contributed by atoms with Gasteiger partial charge < -0.3 is 5.32 Å². The number of hydrogen-bond acceptors (Lipinski definition) is 1. The first kappa shape index (κ1) is 13.3. The highest BCUT2D eigenvalue weighted by atomic mass is 127. The van der Waals surface area contributed by atoms with E-state index in [2.05, 4.69) is 59.2 Å². The lowest BCUT2D eigenvalue weighted by atomic mass is 9.70. The second-order valence-electron chi connectivity index (χ2n) is 5.39. The van der Waals surface area contributed by atoms with Gasteiger partial charge >= 0.3 is 0 Å². The molecule has 0 unspecified atom stereocenters. The maximum Gasteiger partial charge on any atom is 0.0130 e. The van der Waals surface area contributed by atoms with E-state index in [1.54, 1.807) is 0 Å². The maximum atomic E-state index is 3.41. The molecule has 1 aromatic carbocycles. The summed E-state index contributed by atoms with van der Waals surface area (Å²) in [6.45, 7) is 1.17. The highest BCUT2D eigenvalue weighted by molar-refractivity contribution is 14.1. The predicted molar refractivity (Wildman–Crippen MR) is 82.3 cm³/mol. The van der Waals surface area contributed by atoms with E-state index in [9.17, 15) is 0 Å². The zero-order valence-electron chi connectivity index (χ0n) is 10.6. The van der Waals surface area contributed by atoms with E-state index in [-0.39, 0.29) is 0 Å². The smallest absolute Gasteiger partial charge is 0.0130 e. The fraction of sp³-hybridized carbons (Fsp3) is 0.600. The Hall–Kier alpha value is -0.0900. The van der Waals surface area contributed by atoms with Gasteiger partial charge in [-0.3, -0.25) is 0 Å². The fourth-order valence-corrected chi connectivity index (χ4v) is 3.49. The van der Waals surface area contributed by atoms with Crippen molar-refractivity contribution in [3.63, 3.8) is 0 Å². The highest BCUT2D eigenvalue weighted by Crippen LogP contribution is 2.38. The first-order chi connectivity index (χ1) is 8.24. The lowest BCUT2D eigenvalue weighted by Gasteiger charge is -2.37. The van der Waals surface area contributed by atoms with Gasteiger partial charge in [0.2, 0.25) is 0 Å². The molecule has 0 aromatic heterocycles. The number of benzene rings is 1. The minimum Gasteiger partial charge on any atom is -0.319 e. The van der Waals surface area contributed by atoms with Crippen LogP contribution in [0.25, 0.3) is 0 Å². The van der Waals surface area contributed by atoms with Gasteiger partial charge in [0.05, 0.1) is 0 Å². The number of rotatable bonds is 4. The van der Waals surface area contributed by atoms with Crippen molar-refractivity contribution in [2.75, 3.05) is 13.6 Å². The highest BCUT2D eigenvalue weighted by Gasteiger charge is 2.31. The average Bonchev–Trinajstić information content (AvgIpc) is 2.34. The monoisotopic (exact) mass is 343 g/mol. The molecule has 1 N–H and O–H groups in total. The van der Waals surface area contributed by atoms with Crippen molar-refractivity contribution in [2.45, 2.75) is 38.5 Å². The molecule has 1 aromatic rings. The Morgan fingerprint density at radius 2 is 1.76 bits per heavy atom. The third-order valence-corrected chi connectivity index (χ3v) is 4.68. The molecule has 1 nitrogen and oxygen atoms in total. The van der Waals surface area contributed by atoms with Gasteiger partial charge in [-0.1, -0.05) is 31.4 Å². The molecule has 0 saturated heterocycles. The summed E-state index contributed by atoms with van der Waals surface area (Å²) in [4.78, 5) is 0. The van der Waals surface area contributed by atoms with E-state index in [4.69, 9.17) is 0 Å². The summed E-state index contributed by atoms with van der Waals surface area (Å²) >= 11 is 2.38. The molecule has 94 valence electrons. The molecule has 1 fully saturated rings. The lowest BCUT2D eigenvalue weighted by Crippen LogP contribution is -2.36. The first-order valence-electron chi connectivity index (χ1n) is 6.63. The molecule has 2 rings (SSSR count). The van der Waals surface area contributed by atoms with Crippen molar-refractivity contribution < 1.29 is 0 Å². The molecule has 0 aliphatic heterocycles. The Morgan fingerprint density at radius 3 is 2.35 bits per heavy atom. The van der Waals surface area contributed by atoms with Gasteiger partial charge in [-0.15, -0.1) is 0 Å². The van der Waals surface area contributed by atoms with Crippen molar-refractivity contribution in [3.8, 4) is 0 Å². The third kappa shape index (κ3) is 3.68. The average molecular weight is 343 g/mol. The Morgan fingerprint density at radius 1 is 1.12 bits per heavy atom. The molecule has 2 heteroatoms. The van der Waals surface area contributed by atoms with Crippen LogP contribution in [-0.4, -0.2) is 13.6 Å². The van der Waals surface area contributed by atoms with Crippen LogP contribution in [0.2, 0.25) is 0 Å². The van der Waals surface area contributed by atoms with Crippen LogP contribution in [-0.2, 0) is 6.42 Å². The van der Waals surface area contributed by atoms with Crippen molar-refractivity contribution in [1.29, 1.82) is 0 Å². The predicted octanol–water partition coefficient (Wildman–Crippen LogP) is 4.00. The summed E-state index contributed by atoms with van der Waals surface area (Å²) in [5, 5.41) is 3.41. The Kier molecular flexibility index (Phi) is 4.86. The quantitative estimate of drug-likeness (QED) is 0.815. The van der Waals surface area contributed by atoms with Crippen LogP contribution in [0.3, 0.4) is 0 Å². The second kappa shape index (κ2) is 6.19. The van der Waals surface area contributed by atoms with E-state index < -0.39 is 0 Å². The summed E-state index contributed by atoms with van der Waals surface area (Å²) in [6.07, 6.45) is 8.26. The van der Waals surface area contributed by atoms with E-state index in [0.29, 0.717) is 5.41 Å². The topological polar surface area (TPSA) is 12.0 Å². The summed E-state index contributed by atoms with van der Waals surface area (Å²) in [5.41, 5.74) is 2.02. The van der Waals surface area contributed by atoms with Gasteiger partial charge in [0.15, 0.2) is 0 Å². The van der Waals surface area contributed by atoms with Gasteiger partial charge in [0, 0.05) is 10.1 Å². The molecule has 0 radical (unpaired) electrons. The number of halogens is 1. The Bertz CT molecular complexity index is 333. The molecule has 0 atom stereocenters. The van der Waals surface area contributed by atoms with Crippen LogP contribution in [0, 0.1) is 8.99 Å². The summed E-state index contributed by atoms with van der Waals surface area (Å²) < 4.78 is 1.33. The van der Waals surface area contributed by atoms with Crippen LogP contribution < -0.4 is 5.32 Å². The van der Waals surface area contributed by atoms with Gasteiger partial charge in [-0.25, -0.2) is 0 Å². The lowest BCUT2D eigenvalue weighted by molar-refractivity contribution is 0.185.